The van der Waals surface area contributed by atoms with Crippen molar-refractivity contribution in [2.45, 2.75) is 24.5 Å². The van der Waals surface area contributed by atoms with Crippen LogP contribution >= 0.6 is 0 Å². The highest BCUT2D eigenvalue weighted by Gasteiger charge is 2.28. The summed E-state index contributed by atoms with van der Waals surface area (Å²) in [7, 11) is 0.735. The molecule has 1 unspecified atom stereocenters. The average Bonchev–Trinajstić information content (AvgIpc) is 2.45. The molecule has 6 nitrogen and oxygen atoms in total. The first kappa shape index (κ1) is 16.9. The second kappa shape index (κ2) is 7.03. The van der Waals surface area contributed by atoms with E-state index in [2.05, 4.69) is 0 Å². The van der Waals surface area contributed by atoms with Crippen LogP contribution in [0, 0.1) is 0 Å². The normalized spacial score (nSPS) is 13.5. The molecule has 1 aromatic rings. The van der Waals surface area contributed by atoms with Crippen molar-refractivity contribution in [3.8, 4) is 5.75 Å². The summed E-state index contributed by atoms with van der Waals surface area (Å²) in [6.45, 7) is 1.88. The molecule has 0 aliphatic rings. The molecule has 0 spiro atoms. The maximum Gasteiger partial charge on any atom is 0.246 e. The second-order valence-corrected chi connectivity index (χ2v) is 6.43. The van der Waals surface area contributed by atoms with Crippen LogP contribution in [0.2, 0.25) is 0 Å². The van der Waals surface area contributed by atoms with Crippen molar-refractivity contribution in [1.29, 1.82) is 0 Å². The van der Waals surface area contributed by atoms with Crippen molar-refractivity contribution in [1.82, 2.24) is 4.31 Å². The Kier molecular flexibility index (Phi) is 5.94. The van der Waals surface area contributed by atoms with Gasteiger partial charge in [0.15, 0.2) is 0 Å². The lowest BCUT2D eigenvalue weighted by Gasteiger charge is -2.24. The summed E-state index contributed by atoms with van der Waals surface area (Å²) >= 11 is 0. The fraction of sp³-hybridized carbons (Fsp3) is 0.538. The van der Waals surface area contributed by atoms with E-state index < -0.39 is 10.0 Å². The van der Waals surface area contributed by atoms with Gasteiger partial charge in [0.2, 0.25) is 10.0 Å². The van der Waals surface area contributed by atoms with Crippen LogP contribution in [0.5, 0.6) is 5.75 Å². The number of benzene rings is 1. The van der Waals surface area contributed by atoms with Crippen molar-refractivity contribution < 1.29 is 23.0 Å². The van der Waals surface area contributed by atoms with Crippen LogP contribution in [0.1, 0.15) is 12.5 Å². The van der Waals surface area contributed by atoms with E-state index in [-0.39, 0.29) is 23.3 Å². The second-order valence-electron chi connectivity index (χ2n) is 4.47. The van der Waals surface area contributed by atoms with Gasteiger partial charge in [-0.3, -0.25) is 0 Å². The van der Waals surface area contributed by atoms with E-state index in [1.54, 1.807) is 13.0 Å². The Hall–Kier alpha value is -1.15. The number of rotatable bonds is 7. The minimum absolute atomic E-state index is 0.0719. The fourth-order valence-corrected chi connectivity index (χ4v) is 3.24. The minimum atomic E-state index is -3.68. The standard InChI is InChI=1S/C13H21NO5S/c1-10(9-18-3)14(2)20(16,17)13-6-5-11(8-15)7-12(13)19-4/h5-7,10,15H,8-9H2,1-4H3. The van der Waals surface area contributed by atoms with E-state index in [9.17, 15) is 8.42 Å². The molecular weight excluding hydrogens is 282 g/mol. The number of likely N-dealkylation sites (N-methyl/N-ethyl adjacent to an activating group) is 1. The Morgan fingerprint density at radius 3 is 2.50 bits per heavy atom. The molecule has 0 aromatic heterocycles. The van der Waals surface area contributed by atoms with Crippen LogP contribution in [0.3, 0.4) is 0 Å². The number of sulfonamides is 1. The highest BCUT2D eigenvalue weighted by Crippen LogP contribution is 2.28. The Labute approximate surface area is 120 Å². The average molecular weight is 303 g/mol. The zero-order valence-corrected chi connectivity index (χ0v) is 13.0. The molecule has 1 atom stereocenters. The zero-order valence-electron chi connectivity index (χ0n) is 12.2. The number of aliphatic hydroxyl groups excluding tert-OH is 1. The summed E-state index contributed by atoms with van der Waals surface area (Å²) in [6, 6.07) is 4.22. The molecule has 114 valence electrons. The van der Waals surface area contributed by atoms with Crippen molar-refractivity contribution in [3.05, 3.63) is 23.8 Å². The number of hydrogen-bond acceptors (Lipinski definition) is 5. The number of aliphatic hydroxyl groups is 1. The molecule has 0 saturated heterocycles. The van der Waals surface area contributed by atoms with Gasteiger partial charge in [-0.25, -0.2) is 8.42 Å². The number of hydrogen-bond donors (Lipinski definition) is 1. The van der Waals surface area contributed by atoms with Crippen molar-refractivity contribution >= 4 is 10.0 Å². The zero-order chi connectivity index (χ0) is 15.3. The molecule has 1 aromatic carbocycles. The summed E-state index contributed by atoms with van der Waals surface area (Å²) in [5, 5.41) is 9.09. The third-order valence-corrected chi connectivity index (χ3v) is 5.11. The fourth-order valence-electron chi connectivity index (χ4n) is 1.76. The van der Waals surface area contributed by atoms with E-state index >= 15 is 0 Å². The molecule has 0 bridgehead atoms. The monoisotopic (exact) mass is 303 g/mol. The van der Waals surface area contributed by atoms with Gasteiger partial charge in [0.05, 0.1) is 20.3 Å². The lowest BCUT2D eigenvalue weighted by Crippen LogP contribution is -2.37. The van der Waals surface area contributed by atoms with Gasteiger partial charge in [-0.05, 0) is 24.6 Å². The quantitative estimate of drug-likeness (QED) is 0.808. The van der Waals surface area contributed by atoms with Gasteiger partial charge >= 0.3 is 0 Å². The molecule has 0 radical (unpaired) electrons. The first-order valence-electron chi connectivity index (χ1n) is 6.13. The highest BCUT2D eigenvalue weighted by atomic mass is 32.2. The van der Waals surface area contributed by atoms with Gasteiger partial charge in [0, 0.05) is 20.2 Å². The van der Waals surface area contributed by atoms with Gasteiger partial charge in [0.25, 0.3) is 0 Å². The van der Waals surface area contributed by atoms with Gasteiger partial charge in [-0.1, -0.05) is 6.07 Å². The predicted molar refractivity (Wildman–Crippen MR) is 75.2 cm³/mol. The SMILES string of the molecule is COCC(C)N(C)S(=O)(=O)c1ccc(CO)cc1OC. The maximum atomic E-state index is 12.6. The summed E-state index contributed by atoms with van der Waals surface area (Å²) in [5.41, 5.74) is 0.591. The Morgan fingerprint density at radius 2 is 2.00 bits per heavy atom. The largest absolute Gasteiger partial charge is 0.495 e. The van der Waals surface area contributed by atoms with Crippen LogP contribution in [-0.2, 0) is 21.4 Å². The van der Waals surface area contributed by atoms with E-state index in [4.69, 9.17) is 14.6 Å². The van der Waals surface area contributed by atoms with Gasteiger partial charge in [0.1, 0.15) is 10.6 Å². The van der Waals surface area contributed by atoms with Gasteiger partial charge in [-0.15, -0.1) is 0 Å². The lowest BCUT2D eigenvalue weighted by atomic mass is 10.2. The summed E-state index contributed by atoms with van der Waals surface area (Å²) in [6.07, 6.45) is 0. The van der Waals surface area contributed by atoms with Gasteiger partial charge < -0.3 is 14.6 Å². The van der Waals surface area contributed by atoms with E-state index in [0.717, 1.165) is 0 Å². The van der Waals surface area contributed by atoms with Crippen LogP contribution in [0.15, 0.2) is 23.1 Å². The molecule has 1 rings (SSSR count). The molecule has 0 fully saturated rings. The summed E-state index contributed by atoms with van der Waals surface area (Å²) in [5.74, 6) is 0.216. The Balaban J connectivity index is 3.21. The van der Waals surface area contributed by atoms with Crippen LogP contribution in [0.25, 0.3) is 0 Å². The maximum absolute atomic E-state index is 12.6. The first-order chi connectivity index (χ1) is 9.38. The van der Waals surface area contributed by atoms with Crippen LogP contribution in [0.4, 0.5) is 0 Å². The molecule has 0 saturated carbocycles. The Morgan fingerprint density at radius 1 is 1.35 bits per heavy atom. The van der Waals surface area contributed by atoms with Crippen molar-refractivity contribution in [2.24, 2.45) is 0 Å². The molecule has 0 aliphatic heterocycles. The first-order valence-corrected chi connectivity index (χ1v) is 7.57. The van der Waals surface area contributed by atoms with Crippen molar-refractivity contribution in [3.63, 3.8) is 0 Å². The topological polar surface area (TPSA) is 76.1 Å². The number of nitrogens with zero attached hydrogens (tertiary/aromatic N) is 1. The highest BCUT2D eigenvalue weighted by molar-refractivity contribution is 7.89. The molecule has 0 heterocycles. The Bertz CT molecular complexity index is 544. The molecule has 7 heteroatoms. The summed E-state index contributed by atoms with van der Waals surface area (Å²) < 4.78 is 36.4. The molecule has 0 amide bonds. The minimum Gasteiger partial charge on any atom is -0.495 e. The van der Waals surface area contributed by atoms with Crippen molar-refractivity contribution in [2.75, 3.05) is 27.9 Å². The molecule has 1 N–H and O–H groups in total. The predicted octanol–water partition coefficient (Wildman–Crippen LogP) is 0.843. The molecular formula is C13H21NO5S. The van der Waals surface area contributed by atoms with Gasteiger partial charge in [-0.2, -0.15) is 4.31 Å². The summed E-state index contributed by atoms with van der Waals surface area (Å²) in [4.78, 5) is 0.0719. The van der Waals surface area contributed by atoms with E-state index in [1.165, 1.54) is 37.7 Å². The third-order valence-electron chi connectivity index (χ3n) is 3.10. The molecule has 0 aliphatic carbocycles. The number of ether oxygens (including phenoxy) is 2. The van der Waals surface area contributed by atoms with E-state index in [1.807, 2.05) is 0 Å². The number of methoxy groups -OCH3 is 2. The third kappa shape index (κ3) is 3.49. The van der Waals surface area contributed by atoms with Crippen LogP contribution in [-0.4, -0.2) is 51.7 Å². The lowest BCUT2D eigenvalue weighted by molar-refractivity contribution is 0.149. The smallest absolute Gasteiger partial charge is 0.246 e. The molecule has 20 heavy (non-hydrogen) atoms. The van der Waals surface area contributed by atoms with E-state index in [0.29, 0.717) is 12.2 Å². The van der Waals surface area contributed by atoms with Crippen LogP contribution < -0.4 is 4.74 Å².